The fraction of sp³-hybridized carbons (Fsp3) is 0.0385. The second kappa shape index (κ2) is 7.16. The highest BCUT2D eigenvalue weighted by atomic mass is 19.1. The average Bonchev–Trinajstić information content (AvgIpc) is 3.07. The SMILES string of the molecule is NC(=O)c1cccc2c1c1ccc(-c3ccccc3)cc1n2Cc1cccc(F)c1. The number of nitrogens with zero attached hydrogens (tertiary/aromatic N) is 1. The second-order valence-electron chi connectivity index (χ2n) is 7.38. The zero-order valence-electron chi connectivity index (χ0n) is 16.2. The number of aromatic nitrogens is 1. The molecule has 5 aromatic rings. The van der Waals surface area contributed by atoms with Gasteiger partial charge in [0.25, 0.3) is 0 Å². The topological polar surface area (TPSA) is 48.0 Å². The molecule has 0 atom stereocenters. The van der Waals surface area contributed by atoms with Gasteiger partial charge in [-0.05, 0) is 47.0 Å². The van der Waals surface area contributed by atoms with E-state index in [0.717, 1.165) is 38.5 Å². The highest BCUT2D eigenvalue weighted by Gasteiger charge is 2.17. The fourth-order valence-electron chi connectivity index (χ4n) is 4.15. The molecule has 0 bridgehead atoms. The molecule has 4 heteroatoms. The predicted molar refractivity (Wildman–Crippen MR) is 119 cm³/mol. The highest BCUT2D eigenvalue weighted by molar-refractivity contribution is 6.18. The van der Waals surface area contributed by atoms with Gasteiger partial charge in [0, 0.05) is 22.9 Å². The molecule has 30 heavy (non-hydrogen) atoms. The van der Waals surface area contributed by atoms with Crippen LogP contribution in [-0.2, 0) is 6.54 Å². The van der Waals surface area contributed by atoms with Gasteiger partial charge in [0.2, 0.25) is 5.91 Å². The van der Waals surface area contributed by atoms with Crippen LogP contribution in [0.5, 0.6) is 0 Å². The first kappa shape index (κ1) is 18.1. The Morgan fingerprint density at radius 3 is 2.37 bits per heavy atom. The number of hydrogen-bond donors (Lipinski definition) is 1. The maximum absolute atomic E-state index is 13.8. The average molecular weight is 394 g/mol. The van der Waals surface area contributed by atoms with Crippen molar-refractivity contribution < 1.29 is 9.18 Å². The number of carbonyl (C=O) groups is 1. The molecule has 1 amide bonds. The molecule has 4 aromatic carbocycles. The Hall–Kier alpha value is -3.92. The lowest BCUT2D eigenvalue weighted by Gasteiger charge is -2.09. The zero-order chi connectivity index (χ0) is 20.7. The molecular weight excluding hydrogens is 375 g/mol. The number of carbonyl (C=O) groups excluding carboxylic acids is 1. The molecule has 3 nitrogen and oxygen atoms in total. The van der Waals surface area contributed by atoms with E-state index in [-0.39, 0.29) is 5.82 Å². The number of fused-ring (bicyclic) bond motifs is 3. The minimum absolute atomic E-state index is 0.268. The summed E-state index contributed by atoms with van der Waals surface area (Å²) in [6, 6.07) is 28.5. The lowest BCUT2D eigenvalue weighted by atomic mass is 10.0. The Morgan fingerprint density at radius 2 is 1.60 bits per heavy atom. The molecule has 0 aliphatic rings. The molecule has 0 saturated heterocycles. The molecule has 0 radical (unpaired) electrons. The zero-order valence-corrected chi connectivity index (χ0v) is 16.2. The van der Waals surface area contributed by atoms with Crippen LogP contribution in [0.15, 0.2) is 91.0 Å². The van der Waals surface area contributed by atoms with Crippen LogP contribution in [0.25, 0.3) is 32.9 Å². The number of benzene rings is 4. The van der Waals surface area contributed by atoms with Crippen molar-refractivity contribution in [2.75, 3.05) is 0 Å². The molecule has 0 aliphatic carbocycles. The molecule has 2 N–H and O–H groups in total. The summed E-state index contributed by atoms with van der Waals surface area (Å²) >= 11 is 0. The van der Waals surface area contributed by atoms with Crippen LogP contribution in [0.1, 0.15) is 15.9 Å². The van der Waals surface area contributed by atoms with Gasteiger partial charge >= 0.3 is 0 Å². The number of amides is 1. The summed E-state index contributed by atoms with van der Waals surface area (Å²) in [6.07, 6.45) is 0. The van der Waals surface area contributed by atoms with E-state index in [1.165, 1.54) is 12.1 Å². The third-order valence-electron chi connectivity index (χ3n) is 5.49. The molecule has 0 spiro atoms. The summed E-state index contributed by atoms with van der Waals surface area (Å²) in [6.45, 7) is 0.484. The molecule has 146 valence electrons. The summed E-state index contributed by atoms with van der Waals surface area (Å²) in [5.74, 6) is -0.728. The van der Waals surface area contributed by atoms with Crippen molar-refractivity contribution in [2.45, 2.75) is 6.54 Å². The van der Waals surface area contributed by atoms with E-state index in [0.29, 0.717) is 12.1 Å². The van der Waals surface area contributed by atoms with Gasteiger partial charge in [0.15, 0.2) is 0 Å². The number of primary amides is 1. The van der Waals surface area contributed by atoms with Gasteiger partial charge in [-0.15, -0.1) is 0 Å². The van der Waals surface area contributed by atoms with Gasteiger partial charge in [-0.25, -0.2) is 4.39 Å². The number of halogens is 1. The normalized spacial score (nSPS) is 11.2. The number of rotatable bonds is 4. The summed E-state index contributed by atoms with van der Waals surface area (Å²) < 4.78 is 15.9. The van der Waals surface area contributed by atoms with Gasteiger partial charge in [0.1, 0.15) is 5.82 Å². The molecule has 1 aromatic heterocycles. The fourth-order valence-corrected chi connectivity index (χ4v) is 4.15. The quantitative estimate of drug-likeness (QED) is 0.415. The van der Waals surface area contributed by atoms with E-state index in [4.69, 9.17) is 5.73 Å². The number of nitrogens with two attached hydrogens (primary N) is 1. The number of hydrogen-bond acceptors (Lipinski definition) is 1. The van der Waals surface area contributed by atoms with Crippen LogP contribution in [0.4, 0.5) is 4.39 Å². The second-order valence-corrected chi connectivity index (χ2v) is 7.38. The summed E-state index contributed by atoms with van der Waals surface area (Å²) in [5, 5.41) is 1.78. The maximum Gasteiger partial charge on any atom is 0.249 e. The first-order valence-corrected chi connectivity index (χ1v) is 9.76. The van der Waals surface area contributed by atoms with Crippen molar-refractivity contribution in [2.24, 2.45) is 5.73 Å². The largest absolute Gasteiger partial charge is 0.366 e. The first-order valence-electron chi connectivity index (χ1n) is 9.76. The standard InChI is InChI=1S/C26H19FN2O/c27-20-9-4-6-17(14-20)16-29-23-11-5-10-22(26(28)30)25(23)21-13-12-19(15-24(21)29)18-7-2-1-3-8-18/h1-15H,16H2,(H2,28,30). The van der Waals surface area contributed by atoms with E-state index in [9.17, 15) is 9.18 Å². The monoisotopic (exact) mass is 394 g/mol. The van der Waals surface area contributed by atoms with Crippen LogP contribution in [0, 0.1) is 5.82 Å². The minimum Gasteiger partial charge on any atom is -0.366 e. The Balaban J connectivity index is 1.81. The van der Waals surface area contributed by atoms with Crippen molar-refractivity contribution in [3.8, 4) is 11.1 Å². The minimum atomic E-state index is -0.461. The summed E-state index contributed by atoms with van der Waals surface area (Å²) in [7, 11) is 0. The van der Waals surface area contributed by atoms with Crippen LogP contribution >= 0.6 is 0 Å². The van der Waals surface area contributed by atoms with E-state index >= 15 is 0 Å². The maximum atomic E-state index is 13.8. The molecule has 5 rings (SSSR count). The lowest BCUT2D eigenvalue weighted by molar-refractivity contribution is 0.100. The molecule has 1 heterocycles. The molecule has 0 saturated carbocycles. The first-order chi connectivity index (χ1) is 14.6. The van der Waals surface area contributed by atoms with E-state index in [2.05, 4.69) is 28.8 Å². The van der Waals surface area contributed by atoms with E-state index in [1.807, 2.05) is 42.5 Å². The van der Waals surface area contributed by atoms with E-state index in [1.54, 1.807) is 12.1 Å². The molecule has 0 unspecified atom stereocenters. The van der Waals surface area contributed by atoms with Crippen LogP contribution in [0.3, 0.4) is 0 Å². The third kappa shape index (κ3) is 3.03. The van der Waals surface area contributed by atoms with E-state index < -0.39 is 5.91 Å². The third-order valence-corrected chi connectivity index (χ3v) is 5.49. The molecular formula is C26H19FN2O. The van der Waals surface area contributed by atoms with Gasteiger partial charge in [-0.3, -0.25) is 4.79 Å². The molecule has 0 aliphatic heterocycles. The van der Waals surface area contributed by atoms with Gasteiger partial charge < -0.3 is 10.3 Å². The van der Waals surface area contributed by atoms with Crippen molar-refractivity contribution in [1.29, 1.82) is 0 Å². The highest BCUT2D eigenvalue weighted by Crippen LogP contribution is 2.35. The van der Waals surface area contributed by atoms with Gasteiger partial charge in [0.05, 0.1) is 11.0 Å². The Kier molecular flexibility index (Phi) is 4.32. The predicted octanol–water partition coefficient (Wildman–Crippen LogP) is 5.75. The van der Waals surface area contributed by atoms with Gasteiger partial charge in [-0.2, -0.15) is 0 Å². The Morgan fingerprint density at radius 1 is 0.800 bits per heavy atom. The smallest absolute Gasteiger partial charge is 0.249 e. The lowest BCUT2D eigenvalue weighted by Crippen LogP contribution is -2.11. The van der Waals surface area contributed by atoms with Crippen molar-refractivity contribution >= 4 is 27.7 Å². The van der Waals surface area contributed by atoms with Crippen LogP contribution < -0.4 is 5.73 Å². The summed E-state index contributed by atoms with van der Waals surface area (Å²) in [5.41, 5.74) is 11.1. The Labute approximate surface area is 173 Å². The van der Waals surface area contributed by atoms with Crippen molar-refractivity contribution in [1.82, 2.24) is 4.57 Å². The van der Waals surface area contributed by atoms with Crippen LogP contribution in [-0.4, -0.2) is 10.5 Å². The van der Waals surface area contributed by atoms with Gasteiger partial charge in [-0.1, -0.05) is 60.7 Å². The van der Waals surface area contributed by atoms with Crippen molar-refractivity contribution in [3.05, 3.63) is 108 Å². The van der Waals surface area contributed by atoms with Crippen molar-refractivity contribution in [3.63, 3.8) is 0 Å². The van der Waals surface area contributed by atoms with Crippen LogP contribution in [0.2, 0.25) is 0 Å². The Bertz CT molecular complexity index is 1400. The molecule has 0 fully saturated rings. The summed E-state index contributed by atoms with van der Waals surface area (Å²) in [4.78, 5) is 12.1.